The molecule has 0 saturated heterocycles. The summed E-state index contributed by atoms with van der Waals surface area (Å²) in [5, 5.41) is 19.4. The second-order valence-electron chi connectivity index (χ2n) is 8.19. The van der Waals surface area contributed by atoms with Crippen LogP contribution in [0.5, 0.6) is 0 Å². The molecule has 2 aromatic heterocycles. The average Bonchev–Trinajstić information content (AvgIpc) is 3.28. The Morgan fingerprint density at radius 3 is 2.59 bits per heavy atom. The van der Waals surface area contributed by atoms with Gasteiger partial charge in [0.05, 0.1) is 17.0 Å². The van der Waals surface area contributed by atoms with E-state index >= 15 is 4.39 Å². The number of anilines is 1. The number of pyridine rings is 1. The first-order valence-corrected chi connectivity index (χ1v) is 12.7. The molecule has 4 rings (SSSR count). The number of ketones is 1. The molecule has 2 aromatic carbocycles. The van der Waals surface area contributed by atoms with Crippen LogP contribution in [0.4, 0.5) is 14.5 Å². The summed E-state index contributed by atoms with van der Waals surface area (Å²) in [5.41, 5.74) is -0.487. The Morgan fingerprint density at radius 1 is 1.16 bits per heavy atom. The zero-order valence-electron chi connectivity index (χ0n) is 19.3. The Labute approximate surface area is 210 Å². The summed E-state index contributed by atoms with van der Waals surface area (Å²) in [6, 6.07) is 7.52. The van der Waals surface area contributed by atoms with Crippen LogP contribution in [0, 0.1) is 11.6 Å². The molecule has 0 aliphatic rings. The van der Waals surface area contributed by atoms with E-state index in [1.807, 2.05) is 4.72 Å². The van der Waals surface area contributed by atoms with Gasteiger partial charge in [0, 0.05) is 34.5 Å². The molecular formula is C24H20BF2N3O6S. The topological polar surface area (TPSA) is 149 Å². The Morgan fingerprint density at radius 2 is 1.92 bits per heavy atom. The molecule has 0 bridgehead atoms. The molecule has 4 N–H and O–H groups in total. The number of carbonyl (C=O) groups excluding carboxylic acids is 2. The predicted molar refractivity (Wildman–Crippen MR) is 134 cm³/mol. The second-order valence-corrected chi connectivity index (χ2v) is 10.0. The highest BCUT2D eigenvalue weighted by atomic mass is 32.2. The Balaban J connectivity index is 1.79. The molecule has 37 heavy (non-hydrogen) atoms. The molecule has 0 radical (unpaired) electrons. The number of nitrogens with zero attached hydrogens (tertiary/aromatic N) is 1. The third kappa shape index (κ3) is 5.14. The van der Waals surface area contributed by atoms with E-state index in [1.165, 1.54) is 36.7 Å². The average molecular weight is 527 g/mol. The summed E-state index contributed by atoms with van der Waals surface area (Å²) in [6.07, 6.45) is 3.41. The maximum Gasteiger partial charge on any atom is 0.489 e. The molecule has 2 heterocycles. The second kappa shape index (κ2) is 10.2. The number of sulfonamides is 1. The summed E-state index contributed by atoms with van der Waals surface area (Å²) >= 11 is 0. The van der Waals surface area contributed by atoms with E-state index < -0.39 is 45.8 Å². The summed E-state index contributed by atoms with van der Waals surface area (Å²) in [7, 11) is -5.81. The van der Waals surface area contributed by atoms with Crippen LogP contribution in [-0.4, -0.2) is 53.4 Å². The molecule has 0 saturated carbocycles. The van der Waals surface area contributed by atoms with Crippen LogP contribution >= 0.6 is 0 Å². The number of fused-ring (bicyclic) bond motifs is 1. The van der Waals surface area contributed by atoms with Gasteiger partial charge in [0.25, 0.3) is 0 Å². The number of carbonyl (C=O) groups is 2. The zero-order valence-corrected chi connectivity index (χ0v) is 20.1. The highest BCUT2D eigenvalue weighted by Crippen LogP contribution is 2.29. The highest BCUT2D eigenvalue weighted by Gasteiger charge is 2.26. The third-order valence-electron chi connectivity index (χ3n) is 5.66. The van der Waals surface area contributed by atoms with E-state index in [9.17, 15) is 32.4 Å². The van der Waals surface area contributed by atoms with Gasteiger partial charge in [-0.1, -0.05) is 25.1 Å². The molecule has 0 aliphatic heterocycles. The minimum absolute atomic E-state index is 0.0375. The number of hydrogen-bond donors (Lipinski definition) is 4. The largest absolute Gasteiger partial charge is 0.489 e. The lowest BCUT2D eigenvalue weighted by atomic mass is 9.76. The van der Waals surface area contributed by atoms with E-state index in [0.29, 0.717) is 17.4 Å². The Hall–Kier alpha value is -3.94. The molecular weight excluding hydrogens is 507 g/mol. The van der Waals surface area contributed by atoms with E-state index in [2.05, 4.69) is 9.97 Å². The fourth-order valence-corrected chi connectivity index (χ4v) is 5.03. The van der Waals surface area contributed by atoms with Crippen LogP contribution in [0.1, 0.15) is 39.6 Å². The van der Waals surface area contributed by atoms with E-state index in [4.69, 9.17) is 0 Å². The summed E-state index contributed by atoms with van der Waals surface area (Å²) < 4.78 is 56.0. The first-order valence-electron chi connectivity index (χ1n) is 11.0. The van der Waals surface area contributed by atoms with Gasteiger partial charge < -0.3 is 15.0 Å². The number of aromatic nitrogens is 2. The quantitative estimate of drug-likeness (QED) is 0.148. The molecule has 0 aliphatic carbocycles. The van der Waals surface area contributed by atoms with Gasteiger partial charge in [-0.15, -0.1) is 0 Å². The fourth-order valence-electron chi connectivity index (χ4n) is 3.90. The van der Waals surface area contributed by atoms with Crippen LogP contribution in [0.25, 0.3) is 22.2 Å². The molecule has 0 unspecified atom stereocenters. The SMILES string of the molecule is CCCS(=O)(=O)Nc1ccc(F)c(C(=O)c2c[nH]c3ncc(-c4ccc(C=O)c(B(O)O)c4)cc23)c1F. The van der Waals surface area contributed by atoms with Crippen molar-refractivity contribution in [2.24, 2.45) is 0 Å². The van der Waals surface area contributed by atoms with Crippen molar-refractivity contribution in [2.75, 3.05) is 10.5 Å². The van der Waals surface area contributed by atoms with Crippen molar-refractivity contribution in [2.45, 2.75) is 13.3 Å². The van der Waals surface area contributed by atoms with Crippen LogP contribution in [0.15, 0.2) is 48.8 Å². The first-order chi connectivity index (χ1) is 17.6. The highest BCUT2D eigenvalue weighted by molar-refractivity contribution is 7.92. The Bertz CT molecular complexity index is 1640. The number of rotatable bonds is 9. The smallest absolute Gasteiger partial charge is 0.423 e. The number of hydrogen-bond acceptors (Lipinski definition) is 7. The number of aldehydes is 1. The van der Waals surface area contributed by atoms with Gasteiger partial charge in [-0.05, 0) is 35.6 Å². The van der Waals surface area contributed by atoms with Gasteiger partial charge in [-0.25, -0.2) is 22.2 Å². The molecule has 13 heteroatoms. The van der Waals surface area contributed by atoms with E-state index in [0.717, 1.165) is 12.1 Å². The van der Waals surface area contributed by atoms with Crippen molar-refractivity contribution >= 4 is 51.4 Å². The predicted octanol–water partition coefficient (Wildman–Crippen LogP) is 2.38. The van der Waals surface area contributed by atoms with Gasteiger partial charge in [0.2, 0.25) is 15.8 Å². The van der Waals surface area contributed by atoms with Gasteiger partial charge in [-0.3, -0.25) is 14.3 Å². The Kier molecular flexibility index (Phi) is 7.21. The van der Waals surface area contributed by atoms with Crippen molar-refractivity contribution in [3.8, 4) is 11.1 Å². The van der Waals surface area contributed by atoms with E-state index in [1.54, 1.807) is 6.92 Å². The van der Waals surface area contributed by atoms with Crippen molar-refractivity contribution in [3.63, 3.8) is 0 Å². The monoisotopic (exact) mass is 527 g/mol. The molecule has 0 atom stereocenters. The maximum atomic E-state index is 15.2. The normalized spacial score (nSPS) is 11.5. The molecule has 190 valence electrons. The minimum atomic E-state index is -3.90. The molecule has 0 spiro atoms. The van der Waals surface area contributed by atoms with Crippen molar-refractivity contribution in [1.82, 2.24) is 9.97 Å². The number of benzene rings is 2. The summed E-state index contributed by atoms with van der Waals surface area (Å²) in [6.45, 7) is 1.62. The van der Waals surface area contributed by atoms with Crippen molar-refractivity contribution < 1.29 is 36.8 Å². The lowest BCUT2D eigenvalue weighted by Gasteiger charge is -2.11. The van der Waals surface area contributed by atoms with Crippen LogP contribution in [-0.2, 0) is 10.0 Å². The third-order valence-corrected chi connectivity index (χ3v) is 7.13. The van der Waals surface area contributed by atoms with Crippen molar-refractivity contribution in [3.05, 3.63) is 77.1 Å². The van der Waals surface area contributed by atoms with Crippen molar-refractivity contribution in [1.29, 1.82) is 0 Å². The maximum absolute atomic E-state index is 15.2. The van der Waals surface area contributed by atoms with Crippen LogP contribution in [0.3, 0.4) is 0 Å². The summed E-state index contributed by atoms with van der Waals surface area (Å²) in [4.78, 5) is 31.4. The van der Waals surface area contributed by atoms with Gasteiger partial charge >= 0.3 is 7.12 Å². The first kappa shape index (κ1) is 26.1. The molecule has 4 aromatic rings. The fraction of sp³-hybridized carbons (Fsp3) is 0.125. The number of nitrogens with one attached hydrogen (secondary N) is 2. The number of halogens is 2. The van der Waals surface area contributed by atoms with Crippen LogP contribution < -0.4 is 10.2 Å². The zero-order chi connectivity index (χ0) is 26.9. The molecule has 0 fully saturated rings. The lowest BCUT2D eigenvalue weighted by Crippen LogP contribution is -2.33. The standard InChI is InChI=1S/C24H20BF2N3O6S/c1-2-7-37(35,36)30-20-6-5-19(26)21(22(20)27)23(32)17-11-29-24-16(17)8-15(10-28-24)13-3-4-14(12-31)18(9-13)25(33)34/h3-6,8-12,30,33-34H,2,7H2,1H3,(H,28,29). The van der Waals surface area contributed by atoms with E-state index in [-0.39, 0.29) is 39.8 Å². The van der Waals surface area contributed by atoms with Crippen LogP contribution in [0.2, 0.25) is 0 Å². The lowest BCUT2D eigenvalue weighted by molar-refractivity contribution is 0.103. The number of aromatic amines is 1. The van der Waals surface area contributed by atoms with Gasteiger partial charge in [-0.2, -0.15) is 0 Å². The minimum Gasteiger partial charge on any atom is -0.423 e. The van der Waals surface area contributed by atoms with Gasteiger partial charge in [0.1, 0.15) is 17.8 Å². The number of H-pyrrole nitrogens is 1. The summed E-state index contributed by atoms with van der Waals surface area (Å²) in [5.74, 6) is -3.86. The molecule has 9 nitrogen and oxygen atoms in total. The molecule has 0 amide bonds. The van der Waals surface area contributed by atoms with Gasteiger partial charge in [0.15, 0.2) is 5.82 Å².